The number of benzene rings is 2. The van der Waals surface area contributed by atoms with Crippen molar-refractivity contribution in [1.29, 1.82) is 0 Å². The Morgan fingerprint density at radius 2 is 2.05 bits per heavy atom. The summed E-state index contributed by atoms with van der Waals surface area (Å²) in [5, 5.41) is 10.3. The van der Waals surface area contributed by atoms with E-state index in [2.05, 4.69) is 4.98 Å². The maximum Gasteiger partial charge on any atom is 0.123 e. The number of aromatic nitrogens is 2. The van der Waals surface area contributed by atoms with Crippen LogP contribution in [0, 0.1) is 12.7 Å². The predicted molar refractivity (Wildman–Crippen MR) is 75.8 cm³/mol. The van der Waals surface area contributed by atoms with Crippen LogP contribution in [0.25, 0.3) is 11.0 Å². The van der Waals surface area contributed by atoms with Crippen molar-refractivity contribution in [1.82, 2.24) is 9.55 Å². The predicted octanol–water partition coefficient (Wildman–Crippen LogP) is 3.22. The molecule has 3 rings (SSSR count). The molecule has 3 aromatic rings. The highest BCUT2D eigenvalue weighted by Gasteiger charge is 2.13. The summed E-state index contributed by atoms with van der Waals surface area (Å²) in [5.41, 5.74) is 3.34. The number of hydrogen-bond donors (Lipinski definition) is 1. The van der Waals surface area contributed by atoms with E-state index in [0.29, 0.717) is 12.1 Å². The minimum atomic E-state index is -0.761. The van der Waals surface area contributed by atoms with Crippen molar-refractivity contribution in [3.63, 3.8) is 0 Å². The summed E-state index contributed by atoms with van der Waals surface area (Å²) in [5.74, 6) is -0.333. The van der Waals surface area contributed by atoms with Crippen molar-refractivity contribution >= 4 is 11.0 Å². The number of aliphatic hydroxyl groups is 1. The molecule has 20 heavy (non-hydrogen) atoms. The molecule has 3 nitrogen and oxygen atoms in total. The van der Waals surface area contributed by atoms with Crippen molar-refractivity contribution in [3.05, 3.63) is 65.7 Å². The Balaban J connectivity index is 1.92. The summed E-state index contributed by atoms with van der Waals surface area (Å²) in [7, 11) is 0. The highest BCUT2D eigenvalue weighted by molar-refractivity contribution is 5.74. The van der Waals surface area contributed by atoms with Gasteiger partial charge in [0.05, 0.1) is 30.0 Å². The summed E-state index contributed by atoms with van der Waals surface area (Å²) in [6.45, 7) is 2.22. The average molecular weight is 270 g/mol. The van der Waals surface area contributed by atoms with Gasteiger partial charge in [0, 0.05) is 0 Å². The third-order valence-electron chi connectivity index (χ3n) is 3.50. The number of nitrogens with zero attached hydrogens (tertiary/aromatic N) is 2. The lowest BCUT2D eigenvalue weighted by Crippen LogP contribution is -2.09. The second-order valence-corrected chi connectivity index (χ2v) is 4.90. The van der Waals surface area contributed by atoms with Gasteiger partial charge < -0.3 is 9.67 Å². The van der Waals surface area contributed by atoms with Crippen LogP contribution in [0.5, 0.6) is 0 Å². The molecule has 0 aliphatic carbocycles. The molecular weight excluding hydrogens is 255 g/mol. The molecular formula is C16H15FN2O. The van der Waals surface area contributed by atoms with Crippen molar-refractivity contribution in [2.45, 2.75) is 19.6 Å². The molecule has 1 aromatic heterocycles. The lowest BCUT2D eigenvalue weighted by Gasteiger charge is -2.15. The molecule has 1 heterocycles. The van der Waals surface area contributed by atoms with Crippen LogP contribution in [-0.2, 0) is 6.54 Å². The minimum Gasteiger partial charge on any atom is -0.387 e. The molecule has 2 aromatic carbocycles. The largest absolute Gasteiger partial charge is 0.387 e. The normalized spacial score (nSPS) is 12.8. The average Bonchev–Trinajstić information content (AvgIpc) is 2.85. The topological polar surface area (TPSA) is 38.0 Å². The summed E-state index contributed by atoms with van der Waals surface area (Å²) in [6, 6.07) is 12.2. The molecule has 0 radical (unpaired) electrons. The van der Waals surface area contributed by atoms with E-state index in [9.17, 15) is 9.50 Å². The molecule has 4 heteroatoms. The van der Waals surface area contributed by atoms with E-state index in [1.54, 1.807) is 12.4 Å². The van der Waals surface area contributed by atoms with E-state index in [1.807, 2.05) is 35.8 Å². The van der Waals surface area contributed by atoms with Crippen molar-refractivity contribution in [2.75, 3.05) is 0 Å². The Kier molecular flexibility index (Phi) is 3.24. The Bertz CT molecular complexity index is 751. The van der Waals surface area contributed by atoms with Gasteiger partial charge in [-0.2, -0.15) is 0 Å². The molecule has 1 N–H and O–H groups in total. The molecule has 0 saturated carbocycles. The molecule has 0 spiro atoms. The standard InChI is InChI=1S/C16H15FN2O/c1-11-6-7-12(17)8-13(11)16(20)9-19-10-18-14-4-2-3-5-15(14)19/h2-8,10,16,20H,9H2,1H3. The summed E-state index contributed by atoms with van der Waals surface area (Å²) < 4.78 is 15.2. The summed E-state index contributed by atoms with van der Waals surface area (Å²) in [6.07, 6.45) is 0.936. The first kappa shape index (κ1) is 12.8. The quantitative estimate of drug-likeness (QED) is 0.793. The van der Waals surface area contributed by atoms with Crippen molar-refractivity contribution in [3.8, 4) is 0 Å². The minimum absolute atomic E-state index is 0.333. The molecule has 102 valence electrons. The lowest BCUT2D eigenvalue weighted by molar-refractivity contribution is 0.157. The maximum atomic E-state index is 13.3. The van der Waals surface area contributed by atoms with Crippen LogP contribution in [0.2, 0.25) is 0 Å². The van der Waals surface area contributed by atoms with Crippen molar-refractivity contribution in [2.24, 2.45) is 0 Å². The first-order chi connectivity index (χ1) is 9.65. The van der Waals surface area contributed by atoms with Gasteiger partial charge in [-0.25, -0.2) is 9.37 Å². The van der Waals surface area contributed by atoms with Crippen LogP contribution in [0.4, 0.5) is 4.39 Å². The second-order valence-electron chi connectivity index (χ2n) is 4.90. The number of rotatable bonds is 3. The number of imidazole rings is 1. The molecule has 1 atom stereocenters. The van der Waals surface area contributed by atoms with Crippen LogP contribution in [0.1, 0.15) is 17.2 Å². The SMILES string of the molecule is Cc1ccc(F)cc1C(O)Cn1cnc2ccccc21. The molecule has 1 unspecified atom stereocenters. The highest BCUT2D eigenvalue weighted by atomic mass is 19.1. The van der Waals surface area contributed by atoms with Crippen LogP contribution < -0.4 is 0 Å². The third-order valence-corrected chi connectivity index (χ3v) is 3.50. The van der Waals surface area contributed by atoms with Gasteiger partial charge in [-0.1, -0.05) is 18.2 Å². The van der Waals surface area contributed by atoms with Gasteiger partial charge in [-0.3, -0.25) is 0 Å². The van der Waals surface area contributed by atoms with Crippen LogP contribution in [0.3, 0.4) is 0 Å². The fourth-order valence-corrected chi connectivity index (χ4v) is 2.41. The third kappa shape index (κ3) is 2.30. The molecule has 0 aliphatic heterocycles. The van der Waals surface area contributed by atoms with E-state index < -0.39 is 6.10 Å². The monoisotopic (exact) mass is 270 g/mol. The van der Waals surface area contributed by atoms with Crippen LogP contribution in [-0.4, -0.2) is 14.7 Å². The van der Waals surface area contributed by atoms with Gasteiger partial charge >= 0.3 is 0 Å². The first-order valence-electron chi connectivity index (χ1n) is 6.49. The Morgan fingerprint density at radius 1 is 1.25 bits per heavy atom. The van der Waals surface area contributed by atoms with Gasteiger partial charge in [0.25, 0.3) is 0 Å². The summed E-state index contributed by atoms with van der Waals surface area (Å²) in [4.78, 5) is 4.28. The Hall–Kier alpha value is -2.20. The zero-order valence-corrected chi connectivity index (χ0v) is 11.1. The molecule has 0 bridgehead atoms. The fourth-order valence-electron chi connectivity index (χ4n) is 2.41. The van der Waals surface area contributed by atoms with Gasteiger partial charge in [-0.05, 0) is 42.3 Å². The zero-order valence-electron chi connectivity index (χ0n) is 11.1. The molecule has 0 saturated heterocycles. The van der Waals surface area contributed by atoms with E-state index in [-0.39, 0.29) is 5.82 Å². The Morgan fingerprint density at radius 3 is 2.90 bits per heavy atom. The van der Waals surface area contributed by atoms with E-state index >= 15 is 0 Å². The molecule has 0 aliphatic rings. The van der Waals surface area contributed by atoms with Gasteiger partial charge in [-0.15, -0.1) is 0 Å². The van der Waals surface area contributed by atoms with Crippen molar-refractivity contribution < 1.29 is 9.50 Å². The van der Waals surface area contributed by atoms with Crippen LogP contribution >= 0.6 is 0 Å². The number of aliphatic hydroxyl groups excluding tert-OH is 1. The number of aryl methyl sites for hydroxylation is 1. The number of para-hydroxylation sites is 2. The zero-order chi connectivity index (χ0) is 14.1. The van der Waals surface area contributed by atoms with E-state index in [4.69, 9.17) is 0 Å². The fraction of sp³-hybridized carbons (Fsp3) is 0.188. The lowest BCUT2D eigenvalue weighted by atomic mass is 10.0. The van der Waals surface area contributed by atoms with Crippen LogP contribution in [0.15, 0.2) is 48.8 Å². The maximum absolute atomic E-state index is 13.3. The molecule has 0 fully saturated rings. The van der Waals surface area contributed by atoms with Gasteiger partial charge in [0.1, 0.15) is 5.82 Å². The number of hydrogen-bond acceptors (Lipinski definition) is 2. The molecule has 0 amide bonds. The van der Waals surface area contributed by atoms with Gasteiger partial charge in [0.2, 0.25) is 0 Å². The Labute approximate surface area is 116 Å². The van der Waals surface area contributed by atoms with E-state index in [1.165, 1.54) is 12.1 Å². The number of halogens is 1. The van der Waals surface area contributed by atoms with Gasteiger partial charge in [0.15, 0.2) is 0 Å². The smallest absolute Gasteiger partial charge is 0.123 e. The first-order valence-corrected chi connectivity index (χ1v) is 6.49. The summed E-state index contributed by atoms with van der Waals surface area (Å²) >= 11 is 0. The highest BCUT2D eigenvalue weighted by Crippen LogP contribution is 2.22. The van der Waals surface area contributed by atoms with E-state index in [0.717, 1.165) is 16.6 Å². The number of fused-ring (bicyclic) bond motifs is 1. The second kappa shape index (κ2) is 5.06.